The number of hydrogen-bond donors (Lipinski definition) is 1. The molecule has 25 heavy (non-hydrogen) atoms. The fourth-order valence-corrected chi connectivity index (χ4v) is 4.60. The minimum absolute atomic E-state index is 0.103. The van der Waals surface area contributed by atoms with Crippen LogP contribution in [0.2, 0.25) is 0 Å². The van der Waals surface area contributed by atoms with E-state index in [1.807, 2.05) is 6.07 Å². The highest BCUT2D eigenvalue weighted by Gasteiger charge is 2.40. The van der Waals surface area contributed by atoms with Crippen molar-refractivity contribution in [3.05, 3.63) is 17.5 Å². The second-order valence-electron chi connectivity index (χ2n) is 8.22. The lowest BCUT2D eigenvalue weighted by Gasteiger charge is -2.36. The van der Waals surface area contributed by atoms with E-state index in [4.69, 9.17) is 4.74 Å². The first kappa shape index (κ1) is 17.0. The quantitative estimate of drug-likeness (QED) is 0.912. The number of amides is 1. The predicted molar refractivity (Wildman–Crippen MR) is 95.6 cm³/mol. The largest absolute Gasteiger partial charge is 0.381 e. The highest BCUT2D eigenvalue weighted by Crippen LogP contribution is 2.31. The number of rotatable bonds is 3. The van der Waals surface area contributed by atoms with E-state index in [-0.39, 0.29) is 5.91 Å². The monoisotopic (exact) mass is 346 g/mol. The van der Waals surface area contributed by atoms with Crippen LogP contribution in [0.25, 0.3) is 0 Å². The molecule has 6 heteroatoms. The summed E-state index contributed by atoms with van der Waals surface area (Å²) >= 11 is 0. The molecule has 2 atom stereocenters. The maximum Gasteiger partial charge on any atom is 0.274 e. The van der Waals surface area contributed by atoms with Gasteiger partial charge in [-0.2, -0.15) is 5.10 Å². The predicted octanol–water partition coefficient (Wildman–Crippen LogP) is 2.25. The Balaban J connectivity index is 1.48. The van der Waals surface area contributed by atoms with Gasteiger partial charge in [-0.3, -0.25) is 14.8 Å². The standard InChI is InChI=1S/C19H30N4O2/c1-13(2)17-9-18(21-20-17)19(24)23-11-14-3-4-16(23)12-22(10-14)15-5-7-25-8-6-15/h9,13-16H,3-8,10-12H2,1-2H3,(H,20,21)/t14-,16+/m0/s1. The molecule has 0 spiro atoms. The maximum absolute atomic E-state index is 13.1. The van der Waals surface area contributed by atoms with Crippen LogP contribution in [0.15, 0.2) is 6.07 Å². The average Bonchev–Trinajstić information content (AvgIpc) is 2.95. The van der Waals surface area contributed by atoms with Crippen molar-refractivity contribution in [3.63, 3.8) is 0 Å². The highest BCUT2D eigenvalue weighted by atomic mass is 16.5. The van der Waals surface area contributed by atoms with Crippen molar-refractivity contribution in [2.45, 2.75) is 57.5 Å². The second kappa shape index (κ2) is 7.08. The molecule has 4 aliphatic rings. The molecule has 5 heterocycles. The van der Waals surface area contributed by atoms with E-state index in [1.165, 1.54) is 6.42 Å². The smallest absolute Gasteiger partial charge is 0.274 e. The Morgan fingerprint density at radius 2 is 1.96 bits per heavy atom. The Bertz CT molecular complexity index is 608. The third kappa shape index (κ3) is 3.47. The van der Waals surface area contributed by atoms with Crippen molar-refractivity contribution in [1.82, 2.24) is 20.0 Å². The molecule has 138 valence electrons. The molecule has 1 N–H and O–H groups in total. The topological polar surface area (TPSA) is 61.5 Å². The fraction of sp³-hybridized carbons (Fsp3) is 0.789. The van der Waals surface area contributed by atoms with Crippen LogP contribution in [0, 0.1) is 5.92 Å². The Kier molecular flexibility index (Phi) is 4.82. The molecule has 1 amide bonds. The van der Waals surface area contributed by atoms with E-state index in [0.717, 1.165) is 57.8 Å². The lowest BCUT2D eigenvalue weighted by molar-refractivity contribution is 0.0304. The van der Waals surface area contributed by atoms with Gasteiger partial charge in [0, 0.05) is 50.6 Å². The average molecular weight is 346 g/mol. The number of carbonyl (C=O) groups excluding carboxylic acids is 1. The summed E-state index contributed by atoms with van der Waals surface area (Å²) in [5.41, 5.74) is 1.61. The summed E-state index contributed by atoms with van der Waals surface area (Å²) in [4.78, 5) is 17.8. The molecular weight excluding hydrogens is 316 g/mol. The van der Waals surface area contributed by atoms with Crippen LogP contribution >= 0.6 is 0 Å². The van der Waals surface area contributed by atoms with Gasteiger partial charge in [0.05, 0.1) is 0 Å². The van der Waals surface area contributed by atoms with E-state index >= 15 is 0 Å². The zero-order chi connectivity index (χ0) is 17.4. The first-order valence-electron chi connectivity index (χ1n) is 9.80. The van der Waals surface area contributed by atoms with Crippen LogP contribution in [0.1, 0.15) is 61.6 Å². The zero-order valence-electron chi connectivity index (χ0n) is 15.4. The number of fused-ring (bicyclic) bond motifs is 4. The normalized spacial score (nSPS) is 28.5. The van der Waals surface area contributed by atoms with E-state index in [9.17, 15) is 4.79 Å². The van der Waals surface area contributed by atoms with E-state index in [0.29, 0.717) is 29.6 Å². The number of piperidine rings is 1. The number of nitrogens with one attached hydrogen (secondary N) is 1. The Hall–Kier alpha value is -1.40. The number of hydrogen-bond acceptors (Lipinski definition) is 4. The van der Waals surface area contributed by atoms with Crippen molar-refractivity contribution < 1.29 is 9.53 Å². The molecular formula is C19H30N4O2. The van der Waals surface area contributed by atoms with Crippen LogP contribution in [-0.4, -0.2) is 70.8 Å². The highest BCUT2D eigenvalue weighted by molar-refractivity contribution is 5.92. The number of aromatic amines is 1. The summed E-state index contributed by atoms with van der Waals surface area (Å²) in [6.45, 7) is 9.00. The van der Waals surface area contributed by atoms with E-state index in [2.05, 4.69) is 33.8 Å². The number of nitrogens with zero attached hydrogens (tertiary/aromatic N) is 3. The third-order valence-electron chi connectivity index (χ3n) is 6.15. The molecule has 0 aromatic carbocycles. The van der Waals surface area contributed by atoms with Crippen molar-refractivity contribution in [3.8, 4) is 0 Å². The second-order valence-corrected chi connectivity index (χ2v) is 8.22. The van der Waals surface area contributed by atoms with Gasteiger partial charge < -0.3 is 9.64 Å². The molecule has 0 unspecified atom stereocenters. The lowest BCUT2D eigenvalue weighted by Crippen LogP contribution is -2.48. The number of ether oxygens (including phenoxy) is 1. The molecule has 1 aromatic rings. The Morgan fingerprint density at radius 1 is 1.16 bits per heavy atom. The first-order valence-corrected chi connectivity index (χ1v) is 9.80. The molecule has 1 aromatic heterocycles. The number of aromatic nitrogens is 2. The fourth-order valence-electron chi connectivity index (χ4n) is 4.60. The van der Waals surface area contributed by atoms with Crippen LogP contribution in [0.3, 0.4) is 0 Å². The Morgan fingerprint density at radius 3 is 2.68 bits per heavy atom. The van der Waals surface area contributed by atoms with Gasteiger partial charge in [-0.15, -0.1) is 0 Å². The van der Waals surface area contributed by atoms with Crippen molar-refractivity contribution in [2.75, 3.05) is 32.8 Å². The van der Waals surface area contributed by atoms with E-state index in [1.54, 1.807) is 0 Å². The molecule has 4 aliphatic heterocycles. The van der Waals surface area contributed by atoms with Crippen molar-refractivity contribution >= 4 is 5.91 Å². The van der Waals surface area contributed by atoms with Gasteiger partial charge in [0.15, 0.2) is 0 Å². The minimum atomic E-state index is 0.103. The minimum Gasteiger partial charge on any atom is -0.381 e. The van der Waals surface area contributed by atoms with Gasteiger partial charge in [-0.1, -0.05) is 13.8 Å². The SMILES string of the molecule is CC(C)c1cc(C(=O)N2C[C@H]3CC[C@@H]2CN(C2CCOCC2)C3)n[nH]1. The van der Waals surface area contributed by atoms with Gasteiger partial charge >= 0.3 is 0 Å². The molecule has 0 aliphatic carbocycles. The van der Waals surface area contributed by atoms with Gasteiger partial charge in [0.2, 0.25) is 0 Å². The maximum atomic E-state index is 13.1. The molecule has 0 saturated carbocycles. The van der Waals surface area contributed by atoms with Gasteiger partial charge in [-0.25, -0.2) is 0 Å². The molecule has 4 fully saturated rings. The zero-order valence-corrected chi connectivity index (χ0v) is 15.4. The lowest BCUT2D eigenvalue weighted by atomic mass is 9.94. The summed E-state index contributed by atoms with van der Waals surface area (Å²) < 4.78 is 5.53. The summed E-state index contributed by atoms with van der Waals surface area (Å²) in [5.74, 6) is 1.05. The number of H-pyrrole nitrogens is 1. The first-order chi connectivity index (χ1) is 12.1. The van der Waals surface area contributed by atoms with Gasteiger partial charge in [0.1, 0.15) is 5.69 Å². The van der Waals surface area contributed by atoms with Crippen LogP contribution in [0.5, 0.6) is 0 Å². The van der Waals surface area contributed by atoms with Crippen LogP contribution in [-0.2, 0) is 4.74 Å². The molecule has 0 radical (unpaired) electrons. The van der Waals surface area contributed by atoms with Crippen LogP contribution in [0.4, 0.5) is 0 Å². The molecule has 6 nitrogen and oxygen atoms in total. The third-order valence-corrected chi connectivity index (χ3v) is 6.15. The Labute approximate surface area is 149 Å². The summed E-state index contributed by atoms with van der Waals surface area (Å²) in [7, 11) is 0. The molecule has 4 saturated heterocycles. The van der Waals surface area contributed by atoms with Crippen molar-refractivity contribution in [1.29, 1.82) is 0 Å². The molecule has 2 bridgehead atoms. The summed E-state index contributed by atoms with van der Waals surface area (Å²) in [5, 5.41) is 7.31. The van der Waals surface area contributed by atoms with Gasteiger partial charge in [-0.05, 0) is 43.6 Å². The number of carbonyl (C=O) groups is 1. The van der Waals surface area contributed by atoms with E-state index < -0.39 is 0 Å². The van der Waals surface area contributed by atoms with Crippen molar-refractivity contribution in [2.24, 2.45) is 5.92 Å². The van der Waals surface area contributed by atoms with Gasteiger partial charge in [0.25, 0.3) is 5.91 Å². The summed E-state index contributed by atoms with van der Waals surface area (Å²) in [6, 6.07) is 2.89. The molecule has 5 rings (SSSR count). The van der Waals surface area contributed by atoms with Crippen LogP contribution < -0.4 is 0 Å². The summed E-state index contributed by atoms with van der Waals surface area (Å²) in [6.07, 6.45) is 4.62.